The number of halogens is 3. The maximum Gasteiger partial charge on any atom is 0.534 e. The Hall–Kier alpha value is -3.20. The van der Waals surface area contributed by atoms with Crippen LogP contribution < -0.4 is 4.18 Å². The zero-order chi connectivity index (χ0) is 20.7. The van der Waals surface area contributed by atoms with Gasteiger partial charge in [0.1, 0.15) is 11.6 Å². The molecule has 3 aromatic heterocycles. The maximum atomic E-state index is 12.8. The van der Waals surface area contributed by atoms with Crippen molar-refractivity contribution in [3.05, 3.63) is 35.8 Å². The van der Waals surface area contributed by atoms with Crippen LogP contribution in [0.1, 0.15) is 18.1 Å². The predicted molar refractivity (Wildman–Crippen MR) is 91.5 cm³/mol. The summed E-state index contributed by atoms with van der Waals surface area (Å²) < 4.78 is 66.9. The van der Waals surface area contributed by atoms with E-state index < -0.39 is 27.1 Å². The van der Waals surface area contributed by atoms with Crippen molar-refractivity contribution in [1.82, 2.24) is 19.7 Å². The highest BCUT2D eigenvalue weighted by Gasteiger charge is 2.49. The topological polar surface area (TPSA) is 111 Å². The summed E-state index contributed by atoms with van der Waals surface area (Å²) in [6.45, 7) is 3.76. The number of alkyl halides is 3. The lowest BCUT2D eigenvalue weighted by molar-refractivity contribution is -0.0501. The van der Waals surface area contributed by atoms with Crippen LogP contribution >= 0.6 is 0 Å². The lowest BCUT2D eigenvalue weighted by Crippen LogP contribution is -2.28. The number of hydrogen-bond acceptors (Lipinski definition) is 7. The molecular formula is C16H12F3N5O3S. The Balaban J connectivity index is 2.38. The maximum absolute atomic E-state index is 12.8. The molecule has 0 saturated carbocycles. The summed E-state index contributed by atoms with van der Waals surface area (Å²) in [7, 11) is -6.02. The summed E-state index contributed by atoms with van der Waals surface area (Å²) in [5.74, 6) is -0.973. The summed E-state index contributed by atoms with van der Waals surface area (Å²) in [5, 5.41) is 14.0. The average Bonchev–Trinajstić information content (AvgIpc) is 3.01. The molecule has 0 radical (unpaired) electrons. The predicted octanol–water partition coefficient (Wildman–Crippen LogP) is 2.92. The molecular weight excluding hydrogens is 399 g/mol. The van der Waals surface area contributed by atoms with Gasteiger partial charge < -0.3 is 4.18 Å². The van der Waals surface area contributed by atoms with E-state index in [0.29, 0.717) is 17.5 Å². The fraction of sp³-hybridized carbons (Fsp3) is 0.250. The van der Waals surface area contributed by atoms with Gasteiger partial charge in [0.05, 0.1) is 6.20 Å². The summed E-state index contributed by atoms with van der Waals surface area (Å²) in [6.07, 6.45) is 4.34. The Morgan fingerprint density at radius 3 is 2.57 bits per heavy atom. The molecule has 0 fully saturated rings. The lowest BCUT2D eigenvalue weighted by Gasteiger charge is -2.13. The summed E-state index contributed by atoms with van der Waals surface area (Å²) >= 11 is 0. The highest BCUT2D eigenvalue weighted by Crippen LogP contribution is 2.37. The molecule has 0 aliphatic heterocycles. The minimum atomic E-state index is -6.02. The van der Waals surface area contributed by atoms with Crippen LogP contribution in [0.3, 0.4) is 0 Å². The van der Waals surface area contributed by atoms with Gasteiger partial charge in [-0.3, -0.25) is 4.98 Å². The first-order valence-corrected chi connectivity index (χ1v) is 9.22. The molecule has 3 heterocycles. The molecule has 0 amide bonds. The van der Waals surface area contributed by atoms with Crippen molar-refractivity contribution in [2.45, 2.75) is 25.9 Å². The van der Waals surface area contributed by atoms with Gasteiger partial charge >= 0.3 is 15.6 Å². The fourth-order valence-corrected chi connectivity index (χ4v) is 3.03. The smallest absolute Gasteiger partial charge is 0.354 e. The second kappa shape index (κ2) is 6.75. The number of rotatable bonds is 4. The van der Waals surface area contributed by atoms with E-state index in [4.69, 9.17) is 0 Å². The number of aromatic nitrogens is 4. The van der Waals surface area contributed by atoms with Crippen LogP contribution in [0.25, 0.3) is 22.2 Å². The van der Waals surface area contributed by atoms with E-state index in [-0.39, 0.29) is 11.2 Å². The summed E-state index contributed by atoms with van der Waals surface area (Å²) in [6, 6.07) is 3.34. The van der Waals surface area contributed by atoms with Gasteiger partial charge in [0.25, 0.3) is 5.88 Å². The van der Waals surface area contributed by atoms with Crippen LogP contribution in [0.2, 0.25) is 0 Å². The Bertz CT molecular complexity index is 1210. The first-order valence-electron chi connectivity index (χ1n) is 7.81. The highest BCUT2D eigenvalue weighted by atomic mass is 32.2. The average molecular weight is 411 g/mol. The molecule has 0 N–H and O–H groups in total. The number of aryl methyl sites for hydroxylation is 2. The normalized spacial score (nSPS) is 12.1. The Labute approximate surface area is 157 Å². The van der Waals surface area contributed by atoms with Crippen molar-refractivity contribution < 1.29 is 25.8 Å². The van der Waals surface area contributed by atoms with Crippen LogP contribution in [-0.2, 0) is 16.7 Å². The Kier molecular flexibility index (Phi) is 4.72. The van der Waals surface area contributed by atoms with Crippen LogP contribution in [-0.4, -0.2) is 33.7 Å². The van der Waals surface area contributed by atoms with E-state index >= 15 is 0 Å². The highest BCUT2D eigenvalue weighted by molar-refractivity contribution is 7.87. The number of pyridine rings is 2. The molecule has 0 bridgehead atoms. The van der Waals surface area contributed by atoms with Crippen LogP contribution in [0.4, 0.5) is 13.2 Å². The van der Waals surface area contributed by atoms with Gasteiger partial charge in [0.15, 0.2) is 5.65 Å². The van der Waals surface area contributed by atoms with Crippen LogP contribution in [0, 0.1) is 18.3 Å². The van der Waals surface area contributed by atoms with Crippen LogP contribution in [0.5, 0.6) is 5.88 Å². The van der Waals surface area contributed by atoms with Gasteiger partial charge in [-0.2, -0.15) is 36.9 Å². The summed E-state index contributed by atoms with van der Waals surface area (Å²) in [5.41, 5.74) is -4.83. The van der Waals surface area contributed by atoms with Crippen LogP contribution in [0.15, 0.2) is 24.7 Å². The molecule has 3 aromatic rings. The monoisotopic (exact) mass is 411 g/mol. The first-order chi connectivity index (χ1) is 13.1. The third-order valence-electron chi connectivity index (χ3n) is 3.80. The second-order valence-corrected chi connectivity index (χ2v) is 7.25. The molecule has 28 heavy (non-hydrogen) atoms. The second-order valence-electron chi connectivity index (χ2n) is 5.71. The number of fused-ring (bicyclic) bond motifs is 1. The molecule has 0 spiro atoms. The van der Waals surface area contributed by atoms with E-state index in [2.05, 4.69) is 19.2 Å². The molecule has 0 aliphatic rings. The van der Waals surface area contributed by atoms with Crippen molar-refractivity contribution in [2.24, 2.45) is 0 Å². The standard InChI is InChI=1S/C16H12F3N5O3S/c1-3-24-14-12(8-22-24)13(10-4-9(2)6-21-7-10)11(5-20)15(23-14)27-28(25,26)16(17,18)19/h4,6-8H,3H2,1-2H3. The van der Waals surface area contributed by atoms with Crippen molar-refractivity contribution in [1.29, 1.82) is 5.26 Å². The minimum absolute atomic E-state index is 0.0744. The molecule has 12 heteroatoms. The van der Waals surface area contributed by atoms with Gasteiger partial charge in [-0.25, -0.2) is 4.68 Å². The van der Waals surface area contributed by atoms with E-state index in [1.54, 1.807) is 32.2 Å². The van der Waals surface area contributed by atoms with Crippen molar-refractivity contribution in [3.8, 4) is 23.1 Å². The third kappa shape index (κ3) is 3.24. The van der Waals surface area contributed by atoms with Crippen molar-refractivity contribution >= 4 is 21.2 Å². The Morgan fingerprint density at radius 1 is 1.29 bits per heavy atom. The molecule has 146 valence electrons. The van der Waals surface area contributed by atoms with Gasteiger partial charge in [-0.05, 0) is 25.5 Å². The quantitative estimate of drug-likeness (QED) is 0.479. The third-order valence-corrected chi connectivity index (χ3v) is 4.74. The molecule has 0 aliphatic carbocycles. The molecule has 8 nitrogen and oxygen atoms in total. The fourth-order valence-electron chi connectivity index (χ4n) is 2.60. The number of hydrogen-bond donors (Lipinski definition) is 0. The molecule has 0 unspecified atom stereocenters. The van der Waals surface area contributed by atoms with E-state index in [0.717, 1.165) is 5.56 Å². The first kappa shape index (κ1) is 19.6. The SMILES string of the molecule is CCn1ncc2c(-c3cncc(C)c3)c(C#N)c(OS(=O)(=O)C(F)(F)F)nc21. The van der Waals surface area contributed by atoms with E-state index in [1.165, 1.54) is 17.1 Å². The van der Waals surface area contributed by atoms with Crippen molar-refractivity contribution in [3.63, 3.8) is 0 Å². The van der Waals surface area contributed by atoms with Gasteiger partial charge in [0.2, 0.25) is 0 Å². The van der Waals surface area contributed by atoms with E-state index in [9.17, 15) is 26.9 Å². The molecule has 0 saturated heterocycles. The lowest BCUT2D eigenvalue weighted by atomic mass is 9.99. The molecule has 0 atom stereocenters. The zero-order valence-electron chi connectivity index (χ0n) is 14.5. The van der Waals surface area contributed by atoms with E-state index in [1.807, 2.05) is 0 Å². The van der Waals surface area contributed by atoms with Gasteiger partial charge in [-0.1, -0.05) is 0 Å². The van der Waals surface area contributed by atoms with Gasteiger partial charge in [0, 0.05) is 35.5 Å². The molecule has 0 aromatic carbocycles. The number of nitrogens with zero attached hydrogens (tertiary/aromatic N) is 5. The summed E-state index contributed by atoms with van der Waals surface area (Å²) in [4.78, 5) is 7.86. The number of nitriles is 1. The van der Waals surface area contributed by atoms with Crippen molar-refractivity contribution in [2.75, 3.05) is 0 Å². The Morgan fingerprint density at radius 2 is 2.00 bits per heavy atom. The largest absolute Gasteiger partial charge is 0.534 e. The molecule has 3 rings (SSSR count). The van der Waals surface area contributed by atoms with Gasteiger partial charge in [-0.15, -0.1) is 0 Å². The minimum Gasteiger partial charge on any atom is -0.354 e. The zero-order valence-corrected chi connectivity index (χ0v) is 15.3.